The van der Waals surface area contributed by atoms with Crippen LogP contribution in [0.15, 0.2) is 5.16 Å². The van der Waals surface area contributed by atoms with Gasteiger partial charge in [0.05, 0.1) is 0 Å². The summed E-state index contributed by atoms with van der Waals surface area (Å²) in [5.74, 6) is 0. The molecule has 10 heavy (non-hydrogen) atoms. The molecule has 0 saturated heterocycles. The first kappa shape index (κ1) is 8.04. The maximum atomic E-state index is 5.47. The van der Waals surface area contributed by atoms with Crippen LogP contribution in [0.2, 0.25) is 10.6 Å². The van der Waals surface area contributed by atoms with Gasteiger partial charge in [0, 0.05) is 0 Å². The van der Waals surface area contributed by atoms with Crippen LogP contribution in [0.5, 0.6) is 0 Å². The van der Waals surface area contributed by atoms with Gasteiger partial charge in [-0.3, -0.25) is 0 Å². The van der Waals surface area contributed by atoms with E-state index in [1.807, 2.05) is 6.26 Å². The number of rotatable bonds is 1. The molecule has 0 spiro atoms. The summed E-state index contributed by atoms with van der Waals surface area (Å²) in [5, 5.41) is 0.790. The molecule has 0 N–H and O–H groups in total. The molecular formula is C4H3Cl2N3S. The van der Waals surface area contributed by atoms with Crippen LogP contribution in [-0.4, -0.2) is 21.2 Å². The van der Waals surface area contributed by atoms with Gasteiger partial charge in [-0.15, -0.1) is 0 Å². The average Bonchev–Trinajstić information content (AvgIpc) is 1.85. The molecule has 0 unspecified atom stereocenters. The Morgan fingerprint density at radius 3 is 2.00 bits per heavy atom. The molecule has 1 rings (SSSR count). The molecule has 0 fully saturated rings. The fourth-order valence-corrected chi connectivity index (χ4v) is 1.22. The van der Waals surface area contributed by atoms with Gasteiger partial charge < -0.3 is 0 Å². The monoisotopic (exact) mass is 195 g/mol. The Bertz CT molecular complexity index is 222. The van der Waals surface area contributed by atoms with Crippen LogP contribution in [0.25, 0.3) is 0 Å². The molecule has 6 heteroatoms. The van der Waals surface area contributed by atoms with Gasteiger partial charge in [0.2, 0.25) is 10.6 Å². The van der Waals surface area contributed by atoms with Crippen molar-refractivity contribution < 1.29 is 0 Å². The van der Waals surface area contributed by atoms with Gasteiger partial charge in [0.1, 0.15) is 0 Å². The van der Waals surface area contributed by atoms with Crippen molar-refractivity contribution in [3.8, 4) is 0 Å². The highest BCUT2D eigenvalue weighted by Crippen LogP contribution is 2.12. The fourth-order valence-electron chi connectivity index (χ4n) is 0.400. The SMILES string of the molecule is CSc1nc(Cl)nc(Cl)n1. The lowest BCUT2D eigenvalue weighted by molar-refractivity contribution is 0.906. The quantitative estimate of drug-likeness (QED) is 0.643. The van der Waals surface area contributed by atoms with Crippen molar-refractivity contribution >= 4 is 35.0 Å². The second kappa shape index (κ2) is 3.37. The van der Waals surface area contributed by atoms with Crippen molar-refractivity contribution in [1.82, 2.24) is 15.0 Å². The predicted molar refractivity (Wildman–Crippen MR) is 41.6 cm³/mol. The zero-order chi connectivity index (χ0) is 7.56. The summed E-state index contributed by atoms with van der Waals surface area (Å²) in [6.45, 7) is 0. The lowest BCUT2D eigenvalue weighted by atomic mass is 11.1. The van der Waals surface area contributed by atoms with E-state index in [0.29, 0.717) is 5.16 Å². The van der Waals surface area contributed by atoms with Gasteiger partial charge in [-0.2, -0.15) is 15.0 Å². The highest BCUT2D eigenvalue weighted by Gasteiger charge is 1.99. The minimum absolute atomic E-state index is 0.129. The van der Waals surface area contributed by atoms with E-state index in [1.165, 1.54) is 11.8 Å². The molecule has 0 saturated carbocycles. The Labute approximate surface area is 72.2 Å². The Hall–Kier alpha value is -0.0600. The molecule has 0 aromatic carbocycles. The summed E-state index contributed by atoms with van der Waals surface area (Å²) in [5.41, 5.74) is 0. The smallest absolute Gasteiger partial charge is 0.192 e. The lowest BCUT2D eigenvalue weighted by Crippen LogP contribution is -1.90. The minimum Gasteiger partial charge on any atom is -0.192 e. The number of halogens is 2. The van der Waals surface area contributed by atoms with Crippen molar-refractivity contribution in [3.05, 3.63) is 10.6 Å². The molecule has 0 amide bonds. The topological polar surface area (TPSA) is 38.7 Å². The highest BCUT2D eigenvalue weighted by atomic mass is 35.5. The Kier molecular flexibility index (Phi) is 2.71. The van der Waals surface area contributed by atoms with E-state index in [4.69, 9.17) is 23.2 Å². The third-order valence-electron chi connectivity index (χ3n) is 0.743. The molecule has 1 aromatic rings. The van der Waals surface area contributed by atoms with Crippen molar-refractivity contribution in [3.63, 3.8) is 0 Å². The van der Waals surface area contributed by atoms with Crippen LogP contribution in [-0.2, 0) is 0 Å². The zero-order valence-corrected chi connectivity index (χ0v) is 7.33. The first-order valence-corrected chi connectivity index (χ1v) is 4.31. The van der Waals surface area contributed by atoms with Crippen LogP contribution in [0, 0.1) is 0 Å². The molecule has 0 aliphatic rings. The molecule has 54 valence electrons. The largest absolute Gasteiger partial charge is 0.227 e. The number of nitrogens with zero attached hydrogens (tertiary/aromatic N) is 3. The lowest BCUT2D eigenvalue weighted by Gasteiger charge is -1.93. The Balaban J connectivity index is 3.06. The summed E-state index contributed by atoms with van der Waals surface area (Å²) in [4.78, 5) is 11.1. The van der Waals surface area contributed by atoms with E-state index in [0.717, 1.165) is 0 Å². The molecule has 1 aromatic heterocycles. The van der Waals surface area contributed by atoms with E-state index in [9.17, 15) is 0 Å². The second-order valence-corrected chi connectivity index (χ2v) is 2.81. The normalized spacial score (nSPS) is 9.90. The summed E-state index contributed by atoms with van der Waals surface area (Å²) in [6.07, 6.45) is 1.84. The number of hydrogen-bond acceptors (Lipinski definition) is 4. The van der Waals surface area contributed by atoms with Crippen LogP contribution < -0.4 is 0 Å². The van der Waals surface area contributed by atoms with Gasteiger partial charge in [-0.1, -0.05) is 11.8 Å². The predicted octanol–water partition coefficient (Wildman–Crippen LogP) is 1.90. The number of hydrogen-bond donors (Lipinski definition) is 0. The Morgan fingerprint density at radius 2 is 1.60 bits per heavy atom. The zero-order valence-electron chi connectivity index (χ0n) is 5.01. The molecule has 1 heterocycles. The van der Waals surface area contributed by atoms with Crippen LogP contribution >= 0.6 is 35.0 Å². The van der Waals surface area contributed by atoms with Gasteiger partial charge in [-0.25, -0.2) is 0 Å². The molecule has 0 bridgehead atoms. The van der Waals surface area contributed by atoms with Crippen molar-refractivity contribution in [2.24, 2.45) is 0 Å². The third kappa shape index (κ3) is 1.97. The van der Waals surface area contributed by atoms with Gasteiger partial charge in [-0.05, 0) is 29.5 Å². The molecule has 0 atom stereocenters. The van der Waals surface area contributed by atoms with Crippen molar-refractivity contribution in [2.75, 3.05) is 6.26 Å². The van der Waals surface area contributed by atoms with Gasteiger partial charge in [0.15, 0.2) is 5.16 Å². The Morgan fingerprint density at radius 1 is 1.10 bits per heavy atom. The molecule has 0 aliphatic heterocycles. The van der Waals surface area contributed by atoms with Crippen LogP contribution in [0.4, 0.5) is 0 Å². The van der Waals surface area contributed by atoms with Crippen LogP contribution in [0.1, 0.15) is 0 Å². The minimum atomic E-state index is 0.129. The van der Waals surface area contributed by atoms with E-state index in [1.54, 1.807) is 0 Å². The molecule has 3 nitrogen and oxygen atoms in total. The summed E-state index contributed by atoms with van der Waals surface area (Å²) < 4.78 is 0. The number of thioether (sulfide) groups is 1. The van der Waals surface area contributed by atoms with E-state index in [2.05, 4.69) is 15.0 Å². The third-order valence-corrected chi connectivity index (χ3v) is 1.63. The van der Waals surface area contributed by atoms with Gasteiger partial charge >= 0.3 is 0 Å². The maximum Gasteiger partial charge on any atom is 0.227 e. The first-order valence-electron chi connectivity index (χ1n) is 2.33. The van der Waals surface area contributed by atoms with E-state index >= 15 is 0 Å². The van der Waals surface area contributed by atoms with E-state index < -0.39 is 0 Å². The molecule has 0 aliphatic carbocycles. The van der Waals surface area contributed by atoms with Crippen molar-refractivity contribution in [1.29, 1.82) is 0 Å². The van der Waals surface area contributed by atoms with Crippen LogP contribution in [0.3, 0.4) is 0 Å². The standard InChI is InChI=1S/C4H3Cl2N3S/c1-10-4-8-2(5)7-3(6)9-4/h1H3. The summed E-state index contributed by atoms with van der Waals surface area (Å²) >= 11 is 12.3. The molecular weight excluding hydrogens is 193 g/mol. The summed E-state index contributed by atoms with van der Waals surface area (Å²) in [7, 11) is 0. The maximum absolute atomic E-state index is 5.47. The second-order valence-electron chi connectivity index (χ2n) is 1.36. The fraction of sp³-hybridized carbons (Fsp3) is 0.250. The highest BCUT2D eigenvalue weighted by molar-refractivity contribution is 7.98. The summed E-state index contributed by atoms with van der Waals surface area (Å²) in [6, 6.07) is 0. The van der Waals surface area contributed by atoms with Gasteiger partial charge in [0.25, 0.3) is 0 Å². The van der Waals surface area contributed by atoms with Crippen molar-refractivity contribution in [2.45, 2.75) is 5.16 Å². The first-order chi connectivity index (χ1) is 4.72. The number of aromatic nitrogens is 3. The average molecular weight is 196 g/mol. The van der Waals surface area contributed by atoms with E-state index in [-0.39, 0.29) is 10.6 Å². The molecule has 0 radical (unpaired) electrons.